The number of hydrogen-bond acceptors (Lipinski definition) is 4. The molecule has 0 radical (unpaired) electrons. The van der Waals surface area contributed by atoms with E-state index in [4.69, 9.17) is 9.47 Å². The fourth-order valence-corrected chi connectivity index (χ4v) is 3.67. The molecule has 2 heterocycles. The van der Waals surface area contributed by atoms with Gasteiger partial charge in [0.05, 0.1) is 19.8 Å². The maximum atomic E-state index is 12.7. The van der Waals surface area contributed by atoms with Crippen LogP contribution in [0.5, 0.6) is 11.5 Å². The maximum absolute atomic E-state index is 12.7. The minimum Gasteiger partial charge on any atom is -0.490 e. The molecule has 1 unspecified atom stereocenters. The van der Waals surface area contributed by atoms with Gasteiger partial charge in [0.2, 0.25) is 0 Å². The van der Waals surface area contributed by atoms with Crippen LogP contribution in [0.2, 0.25) is 0 Å². The van der Waals surface area contributed by atoms with Crippen molar-refractivity contribution in [2.45, 2.75) is 39.8 Å². The first-order valence-electron chi connectivity index (χ1n) is 9.40. The normalized spacial score (nSPS) is 20.3. The first-order chi connectivity index (χ1) is 12.5. The predicted molar refractivity (Wildman–Crippen MR) is 96.6 cm³/mol. The molecule has 26 heavy (non-hydrogen) atoms. The van der Waals surface area contributed by atoms with Crippen molar-refractivity contribution in [1.29, 1.82) is 0 Å². The average molecular weight is 362 g/mol. The van der Waals surface area contributed by atoms with Crippen molar-refractivity contribution < 1.29 is 24.0 Å². The molecule has 2 aliphatic rings. The number of nitrogens with zero attached hydrogens (tertiary/aromatic N) is 1. The zero-order valence-electron chi connectivity index (χ0n) is 15.8. The number of nitrogens with one attached hydrogen (secondary N) is 2. The van der Waals surface area contributed by atoms with Gasteiger partial charge in [-0.2, -0.15) is 0 Å². The Morgan fingerprint density at radius 3 is 2.46 bits per heavy atom. The van der Waals surface area contributed by atoms with E-state index in [1.165, 1.54) is 20.9 Å². The fourth-order valence-electron chi connectivity index (χ4n) is 3.67. The Hall–Kier alpha value is -2.28. The molecule has 1 aromatic carbocycles. The van der Waals surface area contributed by atoms with Gasteiger partial charge in [-0.25, -0.2) is 4.79 Å². The lowest BCUT2D eigenvalue weighted by Gasteiger charge is -2.31. The predicted octanol–water partition coefficient (Wildman–Crippen LogP) is 0.365. The zero-order chi connectivity index (χ0) is 18.7. The summed E-state index contributed by atoms with van der Waals surface area (Å²) in [6.45, 7) is 9.59. The van der Waals surface area contributed by atoms with Gasteiger partial charge < -0.3 is 19.7 Å². The monoisotopic (exact) mass is 362 g/mol. The Morgan fingerprint density at radius 1 is 1.23 bits per heavy atom. The number of benzene rings is 1. The number of rotatable bonds is 6. The highest BCUT2D eigenvalue weighted by Crippen LogP contribution is 2.32. The van der Waals surface area contributed by atoms with Crippen LogP contribution >= 0.6 is 0 Å². The lowest BCUT2D eigenvalue weighted by molar-refractivity contribution is -0.930. The number of hydrogen-bond donors (Lipinski definition) is 2. The minimum atomic E-state index is -0.279. The summed E-state index contributed by atoms with van der Waals surface area (Å²) < 4.78 is 11.4. The van der Waals surface area contributed by atoms with Crippen LogP contribution in [0.25, 0.3) is 0 Å². The number of amides is 3. The van der Waals surface area contributed by atoms with E-state index in [1.807, 2.05) is 26.8 Å². The van der Waals surface area contributed by atoms with E-state index < -0.39 is 0 Å². The van der Waals surface area contributed by atoms with Crippen molar-refractivity contribution in [3.8, 4) is 11.5 Å². The van der Waals surface area contributed by atoms with Gasteiger partial charge in [-0.1, -0.05) is 0 Å². The summed E-state index contributed by atoms with van der Waals surface area (Å²) >= 11 is 0. The molecular weight excluding hydrogens is 334 g/mol. The summed E-state index contributed by atoms with van der Waals surface area (Å²) in [5, 5.41) is 2.69. The van der Waals surface area contributed by atoms with Gasteiger partial charge in [0.15, 0.2) is 17.5 Å². The van der Waals surface area contributed by atoms with Crippen molar-refractivity contribution in [1.82, 2.24) is 10.2 Å². The molecule has 1 fully saturated rings. The van der Waals surface area contributed by atoms with Gasteiger partial charge in [-0.15, -0.1) is 0 Å². The van der Waals surface area contributed by atoms with Crippen LogP contribution in [0.4, 0.5) is 4.79 Å². The van der Waals surface area contributed by atoms with E-state index in [0.29, 0.717) is 26.3 Å². The number of carbonyl (C=O) groups is 2. The number of fused-ring (bicyclic) bond motifs is 1. The highest BCUT2D eigenvalue weighted by atomic mass is 16.5. The van der Waals surface area contributed by atoms with E-state index >= 15 is 0 Å². The number of imide groups is 1. The van der Waals surface area contributed by atoms with Gasteiger partial charge in [0, 0.05) is 25.1 Å². The van der Waals surface area contributed by atoms with Gasteiger partial charge in [-0.3, -0.25) is 9.69 Å². The lowest BCUT2D eigenvalue weighted by Crippen LogP contribution is -3.16. The van der Waals surface area contributed by atoms with Crippen LogP contribution in [-0.4, -0.2) is 55.7 Å². The summed E-state index contributed by atoms with van der Waals surface area (Å²) in [7, 11) is 0. The highest BCUT2D eigenvalue weighted by molar-refractivity contribution is 5.97. The molecule has 0 aromatic heterocycles. The van der Waals surface area contributed by atoms with Gasteiger partial charge >= 0.3 is 6.03 Å². The van der Waals surface area contributed by atoms with Crippen LogP contribution < -0.4 is 19.7 Å². The van der Waals surface area contributed by atoms with Crippen LogP contribution in [0.1, 0.15) is 31.9 Å². The molecule has 3 rings (SSSR count). The third-order valence-corrected chi connectivity index (χ3v) is 5.10. The molecule has 7 heteroatoms. The summed E-state index contributed by atoms with van der Waals surface area (Å²) in [6.07, 6.45) is 0.876. The minimum absolute atomic E-state index is 0.102. The van der Waals surface area contributed by atoms with Crippen LogP contribution in [-0.2, 0) is 17.8 Å². The average Bonchev–Trinajstić information content (AvgIpc) is 3.07. The van der Waals surface area contributed by atoms with Gasteiger partial charge in [0.1, 0.15) is 6.54 Å². The smallest absolute Gasteiger partial charge is 0.324 e. The number of carbonyl (C=O) groups excluding carboxylic acids is 2. The Labute approximate surface area is 154 Å². The Kier molecular flexibility index (Phi) is 5.66. The second kappa shape index (κ2) is 7.95. The maximum Gasteiger partial charge on any atom is 0.324 e. The molecule has 1 aromatic rings. The second-order valence-electron chi connectivity index (χ2n) is 6.71. The van der Waals surface area contributed by atoms with Crippen molar-refractivity contribution >= 4 is 11.9 Å². The van der Waals surface area contributed by atoms with Crippen LogP contribution in [0, 0.1) is 0 Å². The Balaban J connectivity index is 1.76. The standard InChI is InChI=1S/C19H27N3O4/c1-4-25-16-10-14-6-8-21(12-15(14)11-17(16)26-5-2)13(3)18(23)22-9-7-20-19(22)24/h10-11,13H,4-9,12H2,1-3H3,(H,20,24)/p+1/t13-/m0/s1. The third kappa shape index (κ3) is 3.62. The van der Waals surface area contributed by atoms with Crippen molar-refractivity contribution in [2.24, 2.45) is 0 Å². The summed E-state index contributed by atoms with van der Waals surface area (Å²) in [4.78, 5) is 27.0. The molecule has 142 valence electrons. The highest BCUT2D eigenvalue weighted by Gasteiger charge is 2.36. The summed E-state index contributed by atoms with van der Waals surface area (Å²) in [6, 6.07) is 3.58. The van der Waals surface area contributed by atoms with E-state index in [-0.39, 0.29) is 18.0 Å². The second-order valence-corrected chi connectivity index (χ2v) is 6.71. The van der Waals surface area contributed by atoms with Crippen molar-refractivity contribution in [3.63, 3.8) is 0 Å². The van der Waals surface area contributed by atoms with E-state index in [0.717, 1.165) is 31.0 Å². The molecule has 0 aliphatic carbocycles. The van der Waals surface area contributed by atoms with E-state index in [1.54, 1.807) is 0 Å². The van der Waals surface area contributed by atoms with Gasteiger partial charge in [0.25, 0.3) is 5.91 Å². The van der Waals surface area contributed by atoms with Crippen molar-refractivity contribution in [2.75, 3.05) is 32.8 Å². The Morgan fingerprint density at radius 2 is 1.88 bits per heavy atom. The molecule has 2 N–H and O–H groups in total. The molecule has 0 spiro atoms. The Bertz CT molecular complexity index is 692. The molecule has 0 bridgehead atoms. The SMILES string of the molecule is CCOc1cc2c(cc1OCC)C[NH+]([C@@H](C)C(=O)N1CCNC1=O)CC2. The molecule has 1 saturated heterocycles. The van der Waals surface area contributed by atoms with Crippen LogP contribution in [0.15, 0.2) is 12.1 Å². The molecular formula is C19H28N3O4+. The molecule has 2 aliphatic heterocycles. The number of ether oxygens (including phenoxy) is 2. The summed E-state index contributed by atoms with van der Waals surface area (Å²) in [5.41, 5.74) is 2.43. The number of quaternary nitrogens is 1. The van der Waals surface area contributed by atoms with Gasteiger partial charge in [-0.05, 0) is 38.5 Å². The lowest BCUT2D eigenvalue weighted by atomic mass is 9.97. The zero-order valence-corrected chi connectivity index (χ0v) is 15.8. The first kappa shape index (κ1) is 18.5. The largest absolute Gasteiger partial charge is 0.490 e. The topological polar surface area (TPSA) is 72.3 Å². The summed E-state index contributed by atoms with van der Waals surface area (Å²) in [5.74, 6) is 1.44. The fraction of sp³-hybridized carbons (Fsp3) is 0.579. The number of urea groups is 1. The van der Waals surface area contributed by atoms with Crippen LogP contribution in [0.3, 0.4) is 0 Å². The molecule has 7 nitrogen and oxygen atoms in total. The molecule has 3 amide bonds. The molecule has 0 saturated carbocycles. The van der Waals surface area contributed by atoms with E-state index in [2.05, 4.69) is 11.4 Å². The van der Waals surface area contributed by atoms with E-state index in [9.17, 15) is 9.59 Å². The third-order valence-electron chi connectivity index (χ3n) is 5.10. The van der Waals surface area contributed by atoms with Crippen molar-refractivity contribution in [3.05, 3.63) is 23.3 Å². The molecule has 2 atom stereocenters. The quantitative estimate of drug-likeness (QED) is 0.767. The first-order valence-corrected chi connectivity index (χ1v) is 9.40.